The van der Waals surface area contributed by atoms with Crippen molar-refractivity contribution in [3.05, 3.63) is 17.7 Å². The van der Waals surface area contributed by atoms with Gasteiger partial charge in [0.25, 0.3) is 0 Å². The van der Waals surface area contributed by atoms with Crippen LogP contribution in [0.15, 0.2) is 12.1 Å². The van der Waals surface area contributed by atoms with E-state index in [0.29, 0.717) is 11.5 Å². The minimum absolute atomic E-state index is 0.0177. The van der Waals surface area contributed by atoms with E-state index in [9.17, 15) is 4.79 Å². The molecule has 6 nitrogen and oxygen atoms in total. The number of nitrogens with two attached hydrogens (primary N) is 1. The van der Waals surface area contributed by atoms with Crippen molar-refractivity contribution >= 4 is 11.7 Å². The summed E-state index contributed by atoms with van der Waals surface area (Å²) in [5, 5.41) is 8.98. The first kappa shape index (κ1) is 14.1. The summed E-state index contributed by atoms with van der Waals surface area (Å²) < 4.78 is 15.6. The third-order valence-electron chi connectivity index (χ3n) is 2.44. The lowest BCUT2D eigenvalue weighted by atomic mass is 10.1. The highest BCUT2D eigenvalue weighted by molar-refractivity contribution is 5.94. The highest BCUT2D eigenvalue weighted by Crippen LogP contribution is 2.32. The topological polar surface area (TPSA) is 91.0 Å². The summed E-state index contributed by atoms with van der Waals surface area (Å²) in [7, 11) is 3.03. The molecule has 6 heteroatoms. The van der Waals surface area contributed by atoms with Crippen molar-refractivity contribution in [2.45, 2.75) is 13.0 Å². The lowest BCUT2D eigenvalue weighted by Gasteiger charge is -2.15. The van der Waals surface area contributed by atoms with Crippen molar-refractivity contribution in [1.29, 1.82) is 0 Å². The van der Waals surface area contributed by atoms with Crippen LogP contribution in [0.1, 0.15) is 17.3 Å². The minimum Gasteiger partial charge on any atom is -0.493 e. The Bertz CT molecular complexity index is 433. The summed E-state index contributed by atoms with van der Waals surface area (Å²) >= 11 is 0. The molecule has 1 unspecified atom stereocenters. The molecule has 1 aromatic carbocycles. The lowest BCUT2D eigenvalue weighted by molar-refractivity contribution is 0.0686. The van der Waals surface area contributed by atoms with Gasteiger partial charge in [-0.1, -0.05) is 0 Å². The molecule has 3 N–H and O–H groups in total. The Morgan fingerprint density at radius 2 is 2.06 bits per heavy atom. The van der Waals surface area contributed by atoms with E-state index in [1.807, 2.05) is 6.92 Å². The van der Waals surface area contributed by atoms with Crippen LogP contribution in [0.25, 0.3) is 0 Å². The van der Waals surface area contributed by atoms with Crippen LogP contribution in [-0.2, 0) is 4.74 Å². The van der Waals surface area contributed by atoms with Crippen LogP contribution in [0.5, 0.6) is 11.5 Å². The number of benzene rings is 1. The summed E-state index contributed by atoms with van der Waals surface area (Å²) in [5.41, 5.74) is 5.72. The molecule has 1 aromatic rings. The molecule has 0 fully saturated rings. The maximum atomic E-state index is 11.0. The molecule has 1 atom stereocenters. The predicted molar refractivity (Wildman–Crippen MR) is 66.3 cm³/mol. The van der Waals surface area contributed by atoms with Crippen molar-refractivity contribution in [1.82, 2.24) is 0 Å². The fraction of sp³-hybridized carbons (Fsp3) is 0.417. The van der Waals surface area contributed by atoms with Crippen molar-refractivity contribution < 1.29 is 24.1 Å². The molecule has 0 aliphatic heterocycles. The van der Waals surface area contributed by atoms with E-state index in [-0.39, 0.29) is 24.0 Å². The van der Waals surface area contributed by atoms with Crippen LogP contribution in [0.4, 0.5) is 5.69 Å². The van der Waals surface area contributed by atoms with Gasteiger partial charge in [-0.05, 0) is 6.92 Å². The Kier molecular flexibility index (Phi) is 4.79. The monoisotopic (exact) mass is 255 g/mol. The number of rotatable bonds is 6. The minimum atomic E-state index is -1.11. The van der Waals surface area contributed by atoms with Crippen molar-refractivity contribution in [3.63, 3.8) is 0 Å². The molecule has 0 aromatic heterocycles. The first-order valence-electron chi connectivity index (χ1n) is 5.36. The second-order valence-electron chi connectivity index (χ2n) is 3.75. The van der Waals surface area contributed by atoms with Crippen LogP contribution in [0, 0.1) is 0 Å². The van der Waals surface area contributed by atoms with E-state index in [1.54, 1.807) is 7.11 Å². The number of methoxy groups -OCH3 is 2. The normalized spacial score (nSPS) is 11.9. The first-order valence-corrected chi connectivity index (χ1v) is 5.36. The molecule has 18 heavy (non-hydrogen) atoms. The number of anilines is 1. The second kappa shape index (κ2) is 6.11. The van der Waals surface area contributed by atoms with E-state index >= 15 is 0 Å². The van der Waals surface area contributed by atoms with Crippen LogP contribution < -0.4 is 15.2 Å². The number of carboxylic acid groups (broad SMARTS) is 1. The molecule has 0 bridgehead atoms. The Morgan fingerprint density at radius 1 is 1.39 bits per heavy atom. The van der Waals surface area contributed by atoms with E-state index in [1.165, 1.54) is 19.2 Å². The fourth-order valence-corrected chi connectivity index (χ4v) is 1.31. The van der Waals surface area contributed by atoms with Crippen molar-refractivity contribution in [2.24, 2.45) is 0 Å². The molecule has 0 saturated carbocycles. The summed E-state index contributed by atoms with van der Waals surface area (Å²) in [6.07, 6.45) is -0.111. The van der Waals surface area contributed by atoms with Crippen LogP contribution in [0.2, 0.25) is 0 Å². The van der Waals surface area contributed by atoms with Gasteiger partial charge in [0, 0.05) is 19.2 Å². The van der Waals surface area contributed by atoms with Gasteiger partial charge in [-0.3, -0.25) is 0 Å². The third kappa shape index (κ3) is 3.27. The van der Waals surface area contributed by atoms with E-state index in [4.69, 9.17) is 25.1 Å². The van der Waals surface area contributed by atoms with Gasteiger partial charge in [0.05, 0.1) is 24.5 Å². The summed E-state index contributed by atoms with van der Waals surface area (Å²) in [6, 6.07) is 2.77. The highest BCUT2D eigenvalue weighted by atomic mass is 16.5. The standard InChI is InChI=1S/C12H17NO5/c1-7(16-2)6-18-11-4-8(12(14)15)9(13)5-10(11)17-3/h4-5,7H,6,13H2,1-3H3,(H,14,15). The molecular weight excluding hydrogens is 238 g/mol. The van der Waals surface area contributed by atoms with E-state index in [2.05, 4.69) is 0 Å². The smallest absolute Gasteiger partial charge is 0.337 e. The molecule has 0 saturated heterocycles. The van der Waals surface area contributed by atoms with Gasteiger partial charge in [0.1, 0.15) is 6.61 Å². The summed E-state index contributed by atoms with van der Waals surface area (Å²) in [4.78, 5) is 11.0. The zero-order valence-corrected chi connectivity index (χ0v) is 10.6. The quantitative estimate of drug-likeness (QED) is 0.746. The van der Waals surface area contributed by atoms with Gasteiger partial charge in [0.2, 0.25) is 0 Å². The predicted octanol–water partition coefficient (Wildman–Crippen LogP) is 1.39. The number of nitrogen functional groups attached to an aromatic ring is 1. The number of carboxylic acids is 1. The molecule has 1 rings (SSSR count). The molecular formula is C12H17NO5. The average Bonchev–Trinajstić information content (AvgIpc) is 2.35. The number of carbonyl (C=O) groups is 1. The third-order valence-corrected chi connectivity index (χ3v) is 2.44. The van der Waals surface area contributed by atoms with E-state index in [0.717, 1.165) is 0 Å². The Hall–Kier alpha value is -1.95. The van der Waals surface area contributed by atoms with Gasteiger partial charge < -0.3 is 25.1 Å². The van der Waals surface area contributed by atoms with Crippen LogP contribution in [0.3, 0.4) is 0 Å². The zero-order valence-electron chi connectivity index (χ0n) is 10.6. The molecule has 0 aliphatic rings. The SMILES string of the molecule is COc1cc(N)c(C(=O)O)cc1OCC(C)OC. The molecule has 0 heterocycles. The molecule has 100 valence electrons. The highest BCUT2D eigenvalue weighted by Gasteiger charge is 2.15. The Morgan fingerprint density at radius 3 is 2.56 bits per heavy atom. The lowest BCUT2D eigenvalue weighted by Crippen LogP contribution is -2.16. The molecule has 0 aliphatic carbocycles. The van der Waals surface area contributed by atoms with Crippen molar-refractivity contribution in [3.8, 4) is 11.5 Å². The van der Waals surface area contributed by atoms with Crippen molar-refractivity contribution in [2.75, 3.05) is 26.6 Å². The second-order valence-corrected chi connectivity index (χ2v) is 3.75. The number of ether oxygens (including phenoxy) is 3. The molecule has 0 radical (unpaired) electrons. The van der Waals surface area contributed by atoms with Gasteiger partial charge in [-0.15, -0.1) is 0 Å². The fourth-order valence-electron chi connectivity index (χ4n) is 1.31. The summed E-state index contributed by atoms with van der Waals surface area (Å²) in [6.45, 7) is 2.12. The molecule has 0 spiro atoms. The summed E-state index contributed by atoms with van der Waals surface area (Å²) in [5.74, 6) is -0.395. The Labute approximate surface area is 105 Å². The maximum absolute atomic E-state index is 11.0. The van der Waals surface area contributed by atoms with Crippen LogP contribution >= 0.6 is 0 Å². The molecule has 0 amide bonds. The first-order chi connectivity index (χ1) is 8.49. The van der Waals surface area contributed by atoms with Crippen LogP contribution in [-0.4, -0.2) is 38.0 Å². The maximum Gasteiger partial charge on any atom is 0.337 e. The van der Waals surface area contributed by atoms with Gasteiger partial charge in [0.15, 0.2) is 11.5 Å². The zero-order chi connectivity index (χ0) is 13.7. The van der Waals surface area contributed by atoms with Gasteiger partial charge >= 0.3 is 5.97 Å². The van der Waals surface area contributed by atoms with E-state index < -0.39 is 5.97 Å². The largest absolute Gasteiger partial charge is 0.493 e. The Balaban J connectivity index is 3.00. The number of aromatic carboxylic acids is 1. The van der Waals surface area contributed by atoms with Gasteiger partial charge in [-0.25, -0.2) is 4.79 Å². The number of hydrogen-bond acceptors (Lipinski definition) is 5. The number of hydrogen-bond donors (Lipinski definition) is 2. The average molecular weight is 255 g/mol. The van der Waals surface area contributed by atoms with Gasteiger partial charge in [-0.2, -0.15) is 0 Å².